The Labute approximate surface area is 113 Å². The highest BCUT2D eigenvalue weighted by Gasteiger charge is 2.10. The van der Waals surface area contributed by atoms with Crippen molar-refractivity contribution in [2.75, 3.05) is 0 Å². The molecule has 0 heterocycles. The van der Waals surface area contributed by atoms with Gasteiger partial charge in [-0.3, -0.25) is 4.79 Å². The molecular weight excluding hydrogens is 232 g/mol. The first kappa shape index (κ1) is 13.3. The van der Waals surface area contributed by atoms with Crippen molar-refractivity contribution in [2.24, 2.45) is 0 Å². The van der Waals surface area contributed by atoms with Crippen molar-refractivity contribution in [1.29, 1.82) is 0 Å². The van der Waals surface area contributed by atoms with E-state index in [4.69, 9.17) is 0 Å². The lowest BCUT2D eigenvalue weighted by Gasteiger charge is -2.08. The van der Waals surface area contributed by atoms with Gasteiger partial charge in [-0.15, -0.1) is 0 Å². The number of Topliss-reactive ketones (excluding diaryl/α,β-unsaturated/α-hetero) is 1. The molecule has 0 aromatic heterocycles. The molecular formula is C18H18O. The van der Waals surface area contributed by atoms with Crippen LogP contribution < -0.4 is 0 Å². The van der Waals surface area contributed by atoms with Gasteiger partial charge in [-0.1, -0.05) is 62.4 Å². The third kappa shape index (κ3) is 2.37. The zero-order valence-corrected chi connectivity index (χ0v) is 11.6. The summed E-state index contributed by atoms with van der Waals surface area (Å²) in [6.07, 6.45) is 0. The van der Waals surface area contributed by atoms with Crippen LogP contribution in [-0.2, 0) is 0 Å². The second kappa shape index (κ2) is 5.66. The Kier molecular flexibility index (Phi) is 3.96. The first-order valence-electron chi connectivity index (χ1n) is 6.69. The molecule has 0 amide bonds. The van der Waals surface area contributed by atoms with Gasteiger partial charge in [0.25, 0.3) is 0 Å². The third-order valence-corrected chi connectivity index (χ3v) is 3.12. The second-order valence-electron chi connectivity index (χ2n) is 4.25. The average Bonchev–Trinajstić information content (AvgIpc) is 2.46. The summed E-state index contributed by atoms with van der Waals surface area (Å²) >= 11 is 0. The summed E-state index contributed by atoms with van der Waals surface area (Å²) in [5.41, 5.74) is 0.832. The number of benzene rings is 3. The van der Waals surface area contributed by atoms with Crippen LogP contribution in [-0.4, -0.2) is 5.78 Å². The smallest absolute Gasteiger partial charge is 0.161 e. The monoisotopic (exact) mass is 250 g/mol. The Morgan fingerprint density at radius 3 is 1.63 bits per heavy atom. The number of carbonyl (C=O) groups is 1. The molecule has 0 saturated carbocycles. The molecule has 0 atom stereocenters. The van der Waals surface area contributed by atoms with Crippen LogP contribution in [0.15, 0.2) is 54.6 Å². The molecule has 0 radical (unpaired) electrons. The fourth-order valence-electron chi connectivity index (χ4n) is 2.39. The summed E-state index contributed by atoms with van der Waals surface area (Å²) in [4.78, 5) is 11.9. The van der Waals surface area contributed by atoms with E-state index in [9.17, 15) is 4.79 Å². The minimum Gasteiger partial charge on any atom is -0.294 e. The summed E-state index contributed by atoms with van der Waals surface area (Å²) in [6.45, 7) is 5.63. The first-order chi connectivity index (χ1) is 9.27. The third-order valence-electron chi connectivity index (χ3n) is 3.12. The SMILES string of the molecule is CC.CC(=O)c1c2ccccc2cc2ccccc12. The van der Waals surface area contributed by atoms with Crippen LogP contribution >= 0.6 is 0 Å². The van der Waals surface area contributed by atoms with Crippen molar-refractivity contribution in [3.05, 3.63) is 60.2 Å². The normalized spacial score (nSPS) is 10.1. The van der Waals surface area contributed by atoms with Gasteiger partial charge in [0.05, 0.1) is 0 Å². The Bertz CT molecular complexity index is 672. The van der Waals surface area contributed by atoms with Gasteiger partial charge in [-0.2, -0.15) is 0 Å². The first-order valence-corrected chi connectivity index (χ1v) is 6.69. The summed E-state index contributed by atoms with van der Waals surface area (Å²) in [5.74, 6) is 0.123. The maximum absolute atomic E-state index is 11.9. The van der Waals surface area contributed by atoms with Crippen molar-refractivity contribution in [3.63, 3.8) is 0 Å². The second-order valence-corrected chi connectivity index (χ2v) is 4.25. The number of hydrogen-bond acceptors (Lipinski definition) is 1. The van der Waals surface area contributed by atoms with E-state index >= 15 is 0 Å². The molecule has 0 bridgehead atoms. The predicted molar refractivity (Wildman–Crippen MR) is 82.8 cm³/mol. The molecule has 96 valence electrons. The number of carbonyl (C=O) groups excluding carboxylic acids is 1. The molecule has 0 unspecified atom stereocenters. The van der Waals surface area contributed by atoms with E-state index in [0.717, 1.165) is 27.1 Å². The summed E-state index contributed by atoms with van der Waals surface area (Å²) in [7, 11) is 0. The molecule has 0 aliphatic heterocycles. The topological polar surface area (TPSA) is 17.1 Å². The fraction of sp³-hybridized carbons (Fsp3) is 0.167. The molecule has 3 rings (SSSR count). The molecule has 1 nitrogen and oxygen atoms in total. The highest BCUT2D eigenvalue weighted by Crippen LogP contribution is 2.28. The van der Waals surface area contributed by atoms with Crippen molar-refractivity contribution in [3.8, 4) is 0 Å². The van der Waals surface area contributed by atoms with Gasteiger partial charge in [0.15, 0.2) is 5.78 Å². The molecule has 3 aromatic carbocycles. The van der Waals surface area contributed by atoms with Gasteiger partial charge in [-0.25, -0.2) is 0 Å². The minimum atomic E-state index is 0.123. The zero-order valence-electron chi connectivity index (χ0n) is 11.6. The van der Waals surface area contributed by atoms with E-state index in [2.05, 4.69) is 6.07 Å². The Balaban J connectivity index is 0.000000637. The number of rotatable bonds is 1. The van der Waals surface area contributed by atoms with Crippen molar-refractivity contribution >= 4 is 27.3 Å². The van der Waals surface area contributed by atoms with Crippen LogP contribution in [0.3, 0.4) is 0 Å². The highest BCUT2D eigenvalue weighted by molar-refractivity contribution is 6.18. The quantitative estimate of drug-likeness (QED) is 0.427. The van der Waals surface area contributed by atoms with Crippen LogP contribution in [0.5, 0.6) is 0 Å². The van der Waals surface area contributed by atoms with Crippen LogP contribution in [0.25, 0.3) is 21.5 Å². The Morgan fingerprint density at radius 2 is 1.21 bits per heavy atom. The highest BCUT2D eigenvalue weighted by atomic mass is 16.1. The molecule has 3 aromatic rings. The largest absolute Gasteiger partial charge is 0.294 e. The fourth-order valence-corrected chi connectivity index (χ4v) is 2.39. The van der Waals surface area contributed by atoms with E-state index in [0.29, 0.717) is 0 Å². The molecule has 0 aliphatic carbocycles. The van der Waals surface area contributed by atoms with Crippen LogP contribution in [0.1, 0.15) is 31.1 Å². The minimum absolute atomic E-state index is 0.123. The Hall–Kier alpha value is -2.15. The molecule has 19 heavy (non-hydrogen) atoms. The Morgan fingerprint density at radius 1 is 0.789 bits per heavy atom. The molecule has 1 heteroatoms. The van der Waals surface area contributed by atoms with Crippen molar-refractivity contribution in [1.82, 2.24) is 0 Å². The standard InChI is InChI=1S/C16H12O.C2H6/c1-11(17)16-14-8-4-2-6-12(14)10-13-7-3-5-9-15(13)16;1-2/h2-10H,1H3;1-2H3. The number of fused-ring (bicyclic) bond motifs is 2. The molecule has 0 aliphatic rings. The van der Waals surface area contributed by atoms with Crippen LogP contribution in [0, 0.1) is 0 Å². The van der Waals surface area contributed by atoms with Gasteiger partial charge < -0.3 is 0 Å². The predicted octanol–water partition coefficient (Wildman–Crippen LogP) is 5.22. The lowest BCUT2D eigenvalue weighted by Crippen LogP contribution is -1.95. The molecule has 0 N–H and O–H groups in total. The molecule has 0 saturated heterocycles. The molecule has 0 fully saturated rings. The zero-order chi connectivity index (χ0) is 13.8. The summed E-state index contributed by atoms with van der Waals surface area (Å²) in [6, 6.07) is 18.2. The maximum atomic E-state index is 11.9. The van der Waals surface area contributed by atoms with Gasteiger partial charge in [-0.05, 0) is 34.5 Å². The van der Waals surface area contributed by atoms with E-state index in [-0.39, 0.29) is 5.78 Å². The van der Waals surface area contributed by atoms with Crippen molar-refractivity contribution in [2.45, 2.75) is 20.8 Å². The molecule has 0 spiro atoms. The van der Waals surface area contributed by atoms with Crippen LogP contribution in [0.4, 0.5) is 0 Å². The lowest BCUT2D eigenvalue weighted by atomic mass is 9.95. The number of ketones is 1. The summed E-state index contributed by atoms with van der Waals surface area (Å²) < 4.78 is 0. The summed E-state index contributed by atoms with van der Waals surface area (Å²) in [5, 5.41) is 4.32. The maximum Gasteiger partial charge on any atom is 0.161 e. The number of hydrogen-bond donors (Lipinski definition) is 0. The van der Waals surface area contributed by atoms with Gasteiger partial charge in [0.2, 0.25) is 0 Å². The van der Waals surface area contributed by atoms with Gasteiger partial charge in [0.1, 0.15) is 0 Å². The average molecular weight is 250 g/mol. The van der Waals surface area contributed by atoms with Crippen molar-refractivity contribution < 1.29 is 4.79 Å². The van der Waals surface area contributed by atoms with E-state index in [1.54, 1.807) is 6.92 Å². The van der Waals surface area contributed by atoms with E-state index in [1.165, 1.54) is 0 Å². The van der Waals surface area contributed by atoms with Gasteiger partial charge in [0, 0.05) is 5.56 Å². The van der Waals surface area contributed by atoms with Gasteiger partial charge >= 0.3 is 0 Å². The van der Waals surface area contributed by atoms with Crippen LogP contribution in [0.2, 0.25) is 0 Å². The lowest BCUT2D eigenvalue weighted by molar-refractivity contribution is 0.102. The van der Waals surface area contributed by atoms with E-state index in [1.807, 2.05) is 62.4 Å². The van der Waals surface area contributed by atoms with E-state index < -0.39 is 0 Å².